The average molecular weight is 1020 g/mol. The Bertz CT molecular complexity index is 2860. The van der Waals surface area contributed by atoms with Gasteiger partial charge in [0.15, 0.2) is 5.78 Å². The summed E-state index contributed by atoms with van der Waals surface area (Å²) in [6.45, 7) is 29.9. The molecule has 0 aliphatic rings. The lowest BCUT2D eigenvalue weighted by Crippen LogP contribution is -2.27. The Morgan fingerprint density at radius 3 is 1.12 bits per heavy atom. The number of hydrogen-bond acceptors (Lipinski definition) is 5. The quantitative estimate of drug-likeness (QED) is 0.0571. The predicted molar refractivity (Wildman–Crippen MR) is 313 cm³/mol. The van der Waals surface area contributed by atoms with Gasteiger partial charge in [-0.15, -0.1) is 0 Å². The number of aliphatic hydroxyl groups is 3. The van der Waals surface area contributed by atoms with Gasteiger partial charge in [0.25, 0.3) is 0 Å². The standard InChI is InChI=1S/C35H46O3.C34H44O3/c1-8-35(9-2,29-15-13-27(24(3)19-29)14-18-33(38)34(5,6)7)30-16-17-32(25(4)20-30)28-12-10-11-26(21-28)22-31(37)23-36;1-8-34(9-2,28-15-13-26(23(3)19-28)14-18-31(35)33(5,6)7)29-16-17-30(24(4)20-29)27-12-10-11-25(21-27)22-32(36)37/h10-13,15-17,19-21,33,36,38H,8-9,14,18,22-23H2,1-7H3;10-13,15-17,19-21,31,35H,8-9,14,18,22H2,1-7H3,(H,36,37). The highest BCUT2D eigenvalue weighted by Crippen LogP contribution is 2.43. The maximum atomic E-state index is 11.7. The van der Waals surface area contributed by atoms with Crippen molar-refractivity contribution in [1.82, 2.24) is 0 Å². The van der Waals surface area contributed by atoms with Crippen LogP contribution in [0, 0.1) is 38.5 Å². The van der Waals surface area contributed by atoms with Crippen LogP contribution in [-0.2, 0) is 46.1 Å². The highest BCUT2D eigenvalue weighted by Gasteiger charge is 2.33. The summed E-state index contributed by atoms with van der Waals surface area (Å²) in [6, 6.07) is 43.3. The molecule has 2 unspecified atom stereocenters. The lowest BCUT2D eigenvalue weighted by atomic mass is 9.69. The van der Waals surface area contributed by atoms with Crippen LogP contribution in [0.5, 0.6) is 0 Å². The van der Waals surface area contributed by atoms with E-state index in [0.717, 1.165) is 84.7 Å². The average Bonchev–Trinajstić information content (AvgIpc) is 3.36. The fraction of sp³-hybridized carbons (Fsp3) is 0.449. The second kappa shape index (κ2) is 25.9. The number of carbonyl (C=O) groups is 2. The van der Waals surface area contributed by atoms with Crippen LogP contribution in [0.1, 0.15) is 175 Å². The lowest BCUT2D eigenvalue weighted by Gasteiger charge is -2.34. The summed E-state index contributed by atoms with van der Waals surface area (Å²) < 4.78 is 0. The molecule has 6 heteroatoms. The molecule has 75 heavy (non-hydrogen) atoms. The van der Waals surface area contributed by atoms with E-state index in [0.29, 0.717) is 0 Å². The Hall–Kier alpha value is -5.66. The first-order chi connectivity index (χ1) is 35.4. The number of carboxylic acids is 1. The summed E-state index contributed by atoms with van der Waals surface area (Å²) in [5.74, 6) is -0.983. The number of aliphatic hydroxyl groups excluding tert-OH is 3. The maximum absolute atomic E-state index is 11.7. The molecule has 0 saturated heterocycles. The summed E-state index contributed by atoms with van der Waals surface area (Å²) in [4.78, 5) is 22.9. The van der Waals surface area contributed by atoms with E-state index < -0.39 is 12.6 Å². The molecule has 2 atom stereocenters. The molecule has 6 nitrogen and oxygen atoms in total. The molecule has 402 valence electrons. The first kappa shape index (κ1) is 60.2. The number of carboxylic acid groups (broad SMARTS) is 1. The Morgan fingerprint density at radius 1 is 0.467 bits per heavy atom. The molecule has 6 aromatic rings. The van der Waals surface area contributed by atoms with Crippen LogP contribution in [0.2, 0.25) is 0 Å². The van der Waals surface area contributed by atoms with Crippen molar-refractivity contribution in [2.45, 2.75) is 184 Å². The van der Waals surface area contributed by atoms with E-state index in [9.17, 15) is 24.9 Å². The molecule has 0 spiro atoms. The van der Waals surface area contributed by atoms with E-state index in [1.165, 1.54) is 55.6 Å². The van der Waals surface area contributed by atoms with Gasteiger partial charge in [0, 0.05) is 17.3 Å². The highest BCUT2D eigenvalue weighted by molar-refractivity contribution is 5.82. The fourth-order valence-electron chi connectivity index (χ4n) is 11.2. The van der Waals surface area contributed by atoms with E-state index in [2.05, 4.69) is 188 Å². The van der Waals surface area contributed by atoms with Crippen molar-refractivity contribution in [3.63, 3.8) is 0 Å². The molecule has 0 saturated carbocycles. The highest BCUT2D eigenvalue weighted by atomic mass is 16.4. The van der Waals surface area contributed by atoms with Gasteiger partial charge < -0.3 is 20.4 Å². The molecule has 0 heterocycles. The third-order valence-electron chi connectivity index (χ3n) is 16.5. The molecule has 0 amide bonds. The zero-order valence-corrected chi connectivity index (χ0v) is 48.1. The number of Topliss-reactive ketones (excluding diaryl/α,β-unsaturated/α-hetero) is 1. The zero-order chi connectivity index (χ0) is 55.5. The van der Waals surface area contributed by atoms with Gasteiger partial charge >= 0.3 is 5.97 Å². The van der Waals surface area contributed by atoms with Crippen LogP contribution >= 0.6 is 0 Å². The Morgan fingerprint density at radius 2 is 0.813 bits per heavy atom. The number of benzene rings is 6. The Kier molecular flexibility index (Phi) is 20.8. The maximum Gasteiger partial charge on any atom is 0.307 e. The summed E-state index contributed by atoms with van der Waals surface area (Å²) >= 11 is 0. The topological polar surface area (TPSA) is 115 Å². The second-order valence-electron chi connectivity index (χ2n) is 23.6. The summed E-state index contributed by atoms with van der Waals surface area (Å²) in [5, 5.41) is 39.3. The van der Waals surface area contributed by atoms with Crippen molar-refractivity contribution in [2.75, 3.05) is 6.61 Å². The molecular formula is C69H90O6. The van der Waals surface area contributed by atoms with E-state index in [4.69, 9.17) is 5.11 Å². The van der Waals surface area contributed by atoms with Gasteiger partial charge in [0.1, 0.15) is 6.61 Å². The Labute approximate surface area is 451 Å². The molecule has 0 aromatic heterocycles. The number of hydrogen-bond donors (Lipinski definition) is 4. The first-order valence-electron chi connectivity index (χ1n) is 27.7. The largest absolute Gasteiger partial charge is 0.481 e. The van der Waals surface area contributed by atoms with E-state index in [1.54, 1.807) is 0 Å². The molecule has 0 aliphatic heterocycles. The van der Waals surface area contributed by atoms with Crippen molar-refractivity contribution in [3.8, 4) is 22.3 Å². The predicted octanol–water partition coefficient (Wildman–Crippen LogP) is 15.6. The minimum atomic E-state index is -0.813. The van der Waals surface area contributed by atoms with Gasteiger partial charge in [0.05, 0.1) is 18.6 Å². The SMILES string of the molecule is CCC(CC)(c1ccc(CCC(O)C(C)(C)C)c(C)c1)c1ccc(-c2cccc(CC(=O)CO)c2)c(C)c1.CCC(CC)(c1ccc(CCC(O)C(C)(C)C)c(C)c1)c1ccc(-c2cccc(CC(=O)O)c2)c(C)c1. The molecule has 0 aliphatic carbocycles. The molecule has 0 radical (unpaired) electrons. The molecule has 0 bridgehead atoms. The van der Waals surface area contributed by atoms with Crippen molar-refractivity contribution >= 4 is 11.8 Å². The van der Waals surface area contributed by atoms with Gasteiger partial charge in [-0.3, -0.25) is 9.59 Å². The van der Waals surface area contributed by atoms with Crippen LogP contribution in [0.4, 0.5) is 0 Å². The van der Waals surface area contributed by atoms with Gasteiger partial charge in [-0.25, -0.2) is 0 Å². The van der Waals surface area contributed by atoms with E-state index >= 15 is 0 Å². The van der Waals surface area contributed by atoms with E-state index in [1.807, 2.05) is 30.3 Å². The molecule has 0 fully saturated rings. The number of carbonyl (C=O) groups excluding carboxylic acids is 1. The van der Waals surface area contributed by atoms with Crippen molar-refractivity contribution < 1.29 is 30.0 Å². The number of ketones is 1. The Balaban J connectivity index is 0.000000277. The van der Waals surface area contributed by atoms with Gasteiger partial charge in [-0.2, -0.15) is 0 Å². The van der Waals surface area contributed by atoms with Gasteiger partial charge in [-0.05, 0) is 179 Å². The van der Waals surface area contributed by atoms with Crippen molar-refractivity contribution in [1.29, 1.82) is 0 Å². The van der Waals surface area contributed by atoms with Crippen LogP contribution < -0.4 is 0 Å². The van der Waals surface area contributed by atoms with Gasteiger partial charge in [0.2, 0.25) is 0 Å². The lowest BCUT2D eigenvalue weighted by molar-refractivity contribution is -0.136. The number of aliphatic carboxylic acids is 1. The number of aryl methyl sites for hydroxylation is 6. The molecule has 4 N–H and O–H groups in total. The first-order valence-corrected chi connectivity index (χ1v) is 27.7. The molecule has 6 aromatic carbocycles. The second-order valence-corrected chi connectivity index (χ2v) is 23.6. The monoisotopic (exact) mass is 1010 g/mol. The normalized spacial score (nSPS) is 13.0. The van der Waals surface area contributed by atoms with Crippen LogP contribution in [0.25, 0.3) is 22.3 Å². The van der Waals surface area contributed by atoms with Crippen LogP contribution in [-0.4, -0.2) is 51.0 Å². The van der Waals surface area contributed by atoms with Gasteiger partial charge in [-0.1, -0.05) is 191 Å². The summed E-state index contributed by atoms with van der Waals surface area (Å²) in [5.41, 5.74) is 18.7. The minimum absolute atomic E-state index is 0.0320. The zero-order valence-electron chi connectivity index (χ0n) is 48.1. The molecule has 6 rings (SSSR count). The van der Waals surface area contributed by atoms with Crippen molar-refractivity contribution in [3.05, 3.63) is 188 Å². The summed E-state index contributed by atoms with van der Waals surface area (Å²) in [7, 11) is 0. The van der Waals surface area contributed by atoms with Crippen LogP contribution in [0.3, 0.4) is 0 Å². The van der Waals surface area contributed by atoms with E-state index in [-0.39, 0.29) is 52.5 Å². The third-order valence-corrected chi connectivity index (χ3v) is 16.5. The smallest absolute Gasteiger partial charge is 0.307 e. The van der Waals surface area contributed by atoms with Crippen LogP contribution in [0.15, 0.2) is 121 Å². The number of rotatable bonds is 21. The third kappa shape index (κ3) is 14.8. The molecular weight excluding hydrogens is 925 g/mol. The minimum Gasteiger partial charge on any atom is -0.481 e. The summed E-state index contributed by atoms with van der Waals surface area (Å²) in [6.07, 6.45) is 6.95. The van der Waals surface area contributed by atoms with Crippen molar-refractivity contribution in [2.24, 2.45) is 10.8 Å². The fourth-order valence-corrected chi connectivity index (χ4v) is 11.2.